The van der Waals surface area contributed by atoms with Gasteiger partial charge < -0.3 is 5.32 Å². The predicted octanol–water partition coefficient (Wildman–Crippen LogP) is 0.416. The molecule has 1 aliphatic carbocycles. The molecule has 0 radical (unpaired) electrons. The van der Waals surface area contributed by atoms with E-state index in [0.29, 0.717) is 6.04 Å². The van der Waals surface area contributed by atoms with Crippen molar-refractivity contribution in [1.29, 1.82) is 0 Å². The molecule has 118 valence electrons. The molecule has 2 aromatic rings. The van der Waals surface area contributed by atoms with Crippen LogP contribution in [0.2, 0.25) is 0 Å². The second-order valence-electron chi connectivity index (χ2n) is 6.43. The van der Waals surface area contributed by atoms with Crippen molar-refractivity contribution in [1.82, 2.24) is 35.0 Å². The first-order valence-electron chi connectivity index (χ1n) is 8.12. The first-order valence-corrected chi connectivity index (χ1v) is 8.12. The normalized spacial score (nSPS) is 21.1. The summed E-state index contributed by atoms with van der Waals surface area (Å²) < 4.78 is 3.75. The average Bonchev–Trinajstić information content (AvgIpc) is 3.12. The SMILES string of the molecule is Cn1cc(Cn2cc(C(C3CC3)N3CCNCC3)nn2)cn1. The predicted molar refractivity (Wildman–Crippen MR) is 82.2 cm³/mol. The maximum absolute atomic E-state index is 4.48. The van der Waals surface area contributed by atoms with E-state index in [1.54, 1.807) is 0 Å². The quantitative estimate of drug-likeness (QED) is 0.867. The number of rotatable bonds is 5. The Morgan fingerprint density at radius 3 is 2.77 bits per heavy atom. The van der Waals surface area contributed by atoms with Gasteiger partial charge in [0.2, 0.25) is 0 Å². The van der Waals surface area contributed by atoms with E-state index in [9.17, 15) is 0 Å². The molecule has 4 rings (SSSR count). The molecule has 3 heterocycles. The highest BCUT2D eigenvalue weighted by atomic mass is 15.4. The molecule has 0 aromatic carbocycles. The van der Waals surface area contributed by atoms with Crippen molar-refractivity contribution in [2.75, 3.05) is 26.2 Å². The fourth-order valence-corrected chi connectivity index (χ4v) is 3.37. The van der Waals surface area contributed by atoms with Gasteiger partial charge in [-0.15, -0.1) is 5.10 Å². The van der Waals surface area contributed by atoms with Crippen LogP contribution in [0.5, 0.6) is 0 Å². The molecule has 2 aliphatic rings. The van der Waals surface area contributed by atoms with Crippen LogP contribution in [0.3, 0.4) is 0 Å². The number of piperazine rings is 1. The lowest BCUT2D eigenvalue weighted by Gasteiger charge is -2.33. The minimum atomic E-state index is 0.449. The van der Waals surface area contributed by atoms with Crippen LogP contribution in [-0.2, 0) is 13.6 Å². The molecule has 1 unspecified atom stereocenters. The number of hydrogen-bond donors (Lipinski definition) is 1. The Balaban J connectivity index is 1.50. The van der Waals surface area contributed by atoms with E-state index in [1.807, 2.05) is 28.8 Å². The molecule has 2 aromatic heterocycles. The summed E-state index contributed by atoms with van der Waals surface area (Å²) in [4.78, 5) is 2.58. The van der Waals surface area contributed by atoms with Crippen LogP contribution in [0.1, 0.15) is 30.1 Å². The first kappa shape index (κ1) is 13.9. The maximum atomic E-state index is 4.48. The van der Waals surface area contributed by atoms with Gasteiger partial charge in [0.15, 0.2) is 0 Å². The smallest absolute Gasteiger partial charge is 0.100 e. The molecule has 1 aliphatic heterocycles. The van der Waals surface area contributed by atoms with Crippen molar-refractivity contribution >= 4 is 0 Å². The summed E-state index contributed by atoms with van der Waals surface area (Å²) in [5.41, 5.74) is 2.29. The lowest BCUT2D eigenvalue weighted by atomic mass is 10.1. The van der Waals surface area contributed by atoms with Crippen LogP contribution in [0, 0.1) is 5.92 Å². The van der Waals surface area contributed by atoms with E-state index >= 15 is 0 Å². The fraction of sp³-hybridized carbons (Fsp3) is 0.667. The zero-order valence-electron chi connectivity index (χ0n) is 13.0. The average molecular weight is 301 g/mol. The standard InChI is InChI=1S/C15H23N7/c1-20-9-12(8-17-20)10-22-11-14(18-19-22)15(13-2-3-13)21-6-4-16-5-7-21/h8-9,11,13,15-16H,2-7,10H2,1H3. The summed E-state index contributed by atoms with van der Waals surface area (Å²) in [6.07, 6.45) is 8.68. The van der Waals surface area contributed by atoms with Gasteiger partial charge in [0, 0.05) is 45.0 Å². The van der Waals surface area contributed by atoms with E-state index < -0.39 is 0 Å². The van der Waals surface area contributed by atoms with E-state index in [2.05, 4.69) is 31.8 Å². The molecule has 0 bridgehead atoms. The Morgan fingerprint density at radius 2 is 2.09 bits per heavy atom. The number of nitrogens with one attached hydrogen (secondary N) is 1. The Labute approximate surface area is 130 Å². The zero-order chi connectivity index (χ0) is 14.9. The molecule has 2 fully saturated rings. The number of hydrogen-bond acceptors (Lipinski definition) is 5. The van der Waals surface area contributed by atoms with Crippen molar-refractivity contribution < 1.29 is 0 Å². The van der Waals surface area contributed by atoms with Crippen LogP contribution in [0.4, 0.5) is 0 Å². The van der Waals surface area contributed by atoms with Gasteiger partial charge >= 0.3 is 0 Å². The van der Waals surface area contributed by atoms with E-state index in [-0.39, 0.29) is 0 Å². The minimum Gasteiger partial charge on any atom is -0.314 e. The molecule has 0 spiro atoms. The number of aromatic nitrogens is 5. The van der Waals surface area contributed by atoms with Crippen LogP contribution in [0.25, 0.3) is 0 Å². The lowest BCUT2D eigenvalue weighted by molar-refractivity contribution is 0.153. The van der Waals surface area contributed by atoms with Gasteiger partial charge in [0.1, 0.15) is 5.69 Å². The van der Waals surface area contributed by atoms with Gasteiger partial charge in [-0.25, -0.2) is 4.68 Å². The Hall–Kier alpha value is -1.73. The molecule has 1 saturated carbocycles. The van der Waals surface area contributed by atoms with Gasteiger partial charge in [-0.3, -0.25) is 9.58 Å². The second kappa shape index (κ2) is 5.81. The highest BCUT2D eigenvalue weighted by Crippen LogP contribution is 2.43. The van der Waals surface area contributed by atoms with Crippen LogP contribution in [-0.4, -0.2) is 55.9 Å². The van der Waals surface area contributed by atoms with Gasteiger partial charge in [-0.1, -0.05) is 5.21 Å². The van der Waals surface area contributed by atoms with Gasteiger partial charge in [0.05, 0.1) is 25.0 Å². The zero-order valence-corrected chi connectivity index (χ0v) is 13.0. The van der Waals surface area contributed by atoms with Crippen molar-refractivity contribution in [2.45, 2.75) is 25.4 Å². The third-order valence-corrected chi connectivity index (χ3v) is 4.58. The molecular formula is C15H23N7. The van der Waals surface area contributed by atoms with Crippen LogP contribution >= 0.6 is 0 Å². The highest BCUT2D eigenvalue weighted by molar-refractivity contribution is 5.10. The third-order valence-electron chi connectivity index (χ3n) is 4.58. The number of aryl methyl sites for hydroxylation is 1. The summed E-state index contributed by atoms with van der Waals surface area (Å²) >= 11 is 0. The Morgan fingerprint density at radius 1 is 1.27 bits per heavy atom. The lowest BCUT2D eigenvalue weighted by Crippen LogP contribution is -2.45. The van der Waals surface area contributed by atoms with Crippen LogP contribution < -0.4 is 5.32 Å². The summed E-state index contributed by atoms with van der Waals surface area (Å²) in [6, 6.07) is 0.449. The van der Waals surface area contributed by atoms with Crippen molar-refractivity contribution in [2.24, 2.45) is 13.0 Å². The summed E-state index contributed by atoms with van der Waals surface area (Å²) in [7, 11) is 1.93. The largest absolute Gasteiger partial charge is 0.314 e. The third kappa shape index (κ3) is 2.91. The Kier molecular flexibility index (Phi) is 3.67. The summed E-state index contributed by atoms with van der Waals surface area (Å²) in [6.45, 7) is 5.10. The van der Waals surface area contributed by atoms with Crippen molar-refractivity contribution in [3.8, 4) is 0 Å². The summed E-state index contributed by atoms with van der Waals surface area (Å²) in [5.74, 6) is 0.765. The minimum absolute atomic E-state index is 0.449. The van der Waals surface area contributed by atoms with Crippen molar-refractivity contribution in [3.63, 3.8) is 0 Å². The summed E-state index contributed by atoms with van der Waals surface area (Å²) in [5, 5.41) is 16.4. The monoisotopic (exact) mass is 301 g/mol. The molecule has 1 saturated heterocycles. The maximum Gasteiger partial charge on any atom is 0.100 e. The second-order valence-corrected chi connectivity index (χ2v) is 6.43. The van der Waals surface area contributed by atoms with E-state index in [0.717, 1.165) is 49.9 Å². The Bertz CT molecular complexity index is 621. The molecule has 7 heteroatoms. The number of nitrogens with zero attached hydrogens (tertiary/aromatic N) is 6. The molecule has 1 atom stereocenters. The van der Waals surface area contributed by atoms with Gasteiger partial charge in [0.25, 0.3) is 0 Å². The van der Waals surface area contributed by atoms with E-state index in [1.165, 1.54) is 12.8 Å². The molecule has 7 nitrogen and oxygen atoms in total. The van der Waals surface area contributed by atoms with Gasteiger partial charge in [-0.2, -0.15) is 5.10 Å². The molecule has 1 N–H and O–H groups in total. The molecule has 0 amide bonds. The first-order chi connectivity index (χ1) is 10.8. The topological polar surface area (TPSA) is 63.8 Å². The van der Waals surface area contributed by atoms with E-state index in [4.69, 9.17) is 0 Å². The van der Waals surface area contributed by atoms with Gasteiger partial charge in [-0.05, 0) is 18.8 Å². The highest BCUT2D eigenvalue weighted by Gasteiger charge is 2.38. The fourth-order valence-electron chi connectivity index (χ4n) is 3.37. The molecule has 22 heavy (non-hydrogen) atoms. The molecular weight excluding hydrogens is 278 g/mol. The van der Waals surface area contributed by atoms with Crippen LogP contribution in [0.15, 0.2) is 18.6 Å². The van der Waals surface area contributed by atoms with Crippen molar-refractivity contribution in [3.05, 3.63) is 29.8 Å².